The fraction of sp³-hybridized carbons (Fsp3) is 0.708. The van der Waals surface area contributed by atoms with Gasteiger partial charge in [0.25, 0.3) is 0 Å². The first-order valence-corrected chi connectivity index (χ1v) is 10.7. The van der Waals surface area contributed by atoms with E-state index in [1.165, 1.54) is 14.0 Å². The Morgan fingerprint density at radius 2 is 1.93 bits per heavy atom. The zero-order valence-electron chi connectivity index (χ0n) is 18.4. The van der Waals surface area contributed by atoms with Gasteiger partial charge in [-0.3, -0.25) is 14.4 Å². The minimum atomic E-state index is -0.380. The summed E-state index contributed by atoms with van der Waals surface area (Å²) in [6, 6.07) is 0. The lowest BCUT2D eigenvalue weighted by atomic mass is 9.46. The van der Waals surface area contributed by atoms with Crippen LogP contribution in [0, 0.1) is 28.6 Å². The van der Waals surface area contributed by atoms with Crippen molar-refractivity contribution in [1.82, 2.24) is 0 Å². The number of methoxy groups -OCH3 is 1. The topological polar surface area (TPSA) is 69.7 Å². The van der Waals surface area contributed by atoms with Gasteiger partial charge < -0.3 is 9.47 Å². The largest absolute Gasteiger partial charge is 0.469 e. The molecule has 5 nitrogen and oxygen atoms in total. The van der Waals surface area contributed by atoms with Crippen LogP contribution in [-0.4, -0.2) is 30.9 Å². The van der Waals surface area contributed by atoms with Crippen molar-refractivity contribution >= 4 is 17.7 Å². The van der Waals surface area contributed by atoms with Crippen molar-refractivity contribution in [2.24, 2.45) is 28.6 Å². The maximum atomic E-state index is 13.4. The van der Waals surface area contributed by atoms with E-state index in [1.807, 2.05) is 6.08 Å². The summed E-state index contributed by atoms with van der Waals surface area (Å²) < 4.78 is 10.4. The minimum absolute atomic E-state index is 0.0179. The van der Waals surface area contributed by atoms with Crippen LogP contribution in [0.25, 0.3) is 0 Å². The Balaban J connectivity index is 1.96. The summed E-state index contributed by atoms with van der Waals surface area (Å²) in [7, 11) is 1.40. The number of hydrogen-bond donors (Lipinski definition) is 0. The predicted octanol–water partition coefficient (Wildman–Crippen LogP) is 4.41. The molecule has 2 fully saturated rings. The number of carbonyl (C=O) groups is 3. The summed E-state index contributed by atoms with van der Waals surface area (Å²) in [5.74, 6) is -0.270. The highest BCUT2D eigenvalue weighted by molar-refractivity contribution is 5.95. The maximum absolute atomic E-state index is 13.4. The van der Waals surface area contributed by atoms with Crippen molar-refractivity contribution in [3.05, 3.63) is 23.8 Å². The summed E-state index contributed by atoms with van der Waals surface area (Å²) in [5, 5.41) is 0. The molecule has 0 saturated heterocycles. The second-order valence-electron chi connectivity index (χ2n) is 9.79. The molecule has 160 valence electrons. The van der Waals surface area contributed by atoms with Crippen molar-refractivity contribution in [3.8, 4) is 0 Å². The van der Waals surface area contributed by atoms with Gasteiger partial charge in [-0.05, 0) is 55.4 Å². The van der Waals surface area contributed by atoms with Gasteiger partial charge in [0.1, 0.15) is 6.10 Å². The Labute approximate surface area is 173 Å². The van der Waals surface area contributed by atoms with Gasteiger partial charge in [-0.15, -0.1) is 0 Å². The van der Waals surface area contributed by atoms with E-state index in [0.29, 0.717) is 12.8 Å². The summed E-state index contributed by atoms with van der Waals surface area (Å²) in [5.41, 5.74) is 1.71. The first-order valence-electron chi connectivity index (χ1n) is 10.7. The molecular weight excluding hydrogens is 368 g/mol. The van der Waals surface area contributed by atoms with Crippen molar-refractivity contribution in [1.29, 1.82) is 0 Å². The van der Waals surface area contributed by atoms with Crippen molar-refractivity contribution in [2.45, 2.75) is 72.3 Å². The summed E-state index contributed by atoms with van der Waals surface area (Å²) in [4.78, 5) is 36.7. The van der Waals surface area contributed by atoms with E-state index in [-0.39, 0.29) is 52.4 Å². The number of ketones is 1. The van der Waals surface area contributed by atoms with Gasteiger partial charge in [-0.25, -0.2) is 0 Å². The molecule has 3 aliphatic carbocycles. The highest BCUT2D eigenvalue weighted by Crippen LogP contribution is 2.62. The van der Waals surface area contributed by atoms with E-state index >= 15 is 0 Å². The standard InChI is InChI=1S/C24H34O5/c1-14-7-9-17-22(16(14)8-10-21(27)28-6)18(26)13-19-23(3,4)20(29-15(2)25)11-12-24(17,19)5/h13,16-17,20,22H,1,7-12H2,2-6H3. The van der Waals surface area contributed by atoms with Crippen molar-refractivity contribution in [2.75, 3.05) is 7.11 Å². The molecule has 0 heterocycles. The van der Waals surface area contributed by atoms with Gasteiger partial charge in [-0.1, -0.05) is 38.5 Å². The molecule has 2 saturated carbocycles. The molecule has 0 aromatic carbocycles. The van der Waals surface area contributed by atoms with E-state index < -0.39 is 0 Å². The van der Waals surface area contributed by atoms with Gasteiger partial charge in [0.2, 0.25) is 0 Å². The predicted molar refractivity (Wildman–Crippen MR) is 110 cm³/mol. The minimum Gasteiger partial charge on any atom is -0.469 e. The van der Waals surface area contributed by atoms with Crippen molar-refractivity contribution in [3.63, 3.8) is 0 Å². The third-order valence-electron chi connectivity index (χ3n) is 7.84. The normalized spacial score (nSPS) is 35.8. The molecule has 3 aliphatic rings. The average Bonchev–Trinajstić information content (AvgIpc) is 2.65. The smallest absolute Gasteiger partial charge is 0.305 e. The molecule has 0 amide bonds. The van der Waals surface area contributed by atoms with E-state index in [9.17, 15) is 14.4 Å². The van der Waals surface area contributed by atoms with Gasteiger partial charge >= 0.3 is 11.9 Å². The van der Waals surface area contributed by atoms with Crippen LogP contribution in [0.5, 0.6) is 0 Å². The number of hydrogen-bond acceptors (Lipinski definition) is 5. The number of allylic oxidation sites excluding steroid dienone is 2. The van der Waals surface area contributed by atoms with E-state index in [2.05, 4.69) is 27.4 Å². The van der Waals surface area contributed by atoms with Gasteiger partial charge in [0.05, 0.1) is 7.11 Å². The van der Waals surface area contributed by atoms with Crippen LogP contribution in [0.15, 0.2) is 23.8 Å². The third kappa shape index (κ3) is 3.69. The molecule has 29 heavy (non-hydrogen) atoms. The Morgan fingerprint density at radius 3 is 2.55 bits per heavy atom. The summed E-state index contributed by atoms with van der Waals surface area (Å²) >= 11 is 0. The first kappa shape index (κ1) is 21.8. The van der Waals surface area contributed by atoms with Crippen LogP contribution in [0.3, 0.4) is 0 Å². The monoisotopic (exact) mass is 402 g/mol. The molecule has 0 radical (unpaired) electrons. The fourth-order valence-electron chi connectivity index (χ4n) is 6.33. The van der Waals surface area contributed by atoms with Crippen LogP contribution < -0.4 is 0 Å². The number of fused-ring (bicyclic) bond motifs is 3. The van der Waals surface area contributed by atoms with Gasteiger partial charge in [0.15, 0.2) is 5.78 Å². The fourth-order valence-corrected chi connectivity index (χ4v) is 6.33. The van der Waals surface area contributed by atoms with Crippen LogP contribution >= 0.6 is 0 Å². The van der Waals surface area contributed by atoms with Crippen molar-refractivity contribution < 1.29 is 23.9 Å². The van der Waals surface area contributed by atoms with Gasteiger partial charge in [-0.2, -0.15) is 0 Å². The van der Waals surface area contributed by atoms with Crippen LogP contribution in [-0.2, 0) is 23.9 Å². The molecule has 3 rings (SSSR count). The van der Waals surface area contributed by atoms with Crippen LogP contribution in [0.4, 0.5) is 0 Å². The van der Waals surface area contributed by atoms with E-state index in [0.717, 1.165) is 36.8 Å². The molecule has 0 aromatic heterocycles. The Morgan fingerprint density at radius 1 is 1.24 bits per heavy atom. The number of esters is 2. The number of rotatable bonds is 4. The quantitative estimate of drug-likeness (QED) is 0.515. The lowest BCUT2D eigenvalue weighted by Crippen LogP contribution is -2.55. The molecule has 0 spiro atoms. The van der Waals surface area contributed by atoms with Gasteiger partial charge in [0, 0.05) is 24.7 Å². The molecular formula is C24H34O5. The second kappa shape index (κ2) is 7.73. The molecule has 0 aliphatic heterocycles. The lowest BCUT2D eigenvalue weighted by molar-refractivity contribution is -0.156. The molecule has 5 heteroatoms. The summed E-state index contributed by atoms with van der Waals surface area (Å²) in [6.07, 6.45) is 6.05. The number of carbonyl (C=O) groups excluding carboxylic acids is 3. The zero-order chi connectivity index (χ0) is 21.6. The molecule has 0 bridgehead atoms. The Kier molecular flexibility index (Phi) is 5.81. The third-order valence-corrected chi connectivity index (χ3v) is 7.84. The highest BCUT2D eigenvalue weighted by atomic mass is 16.5. The maximum Gasteiger partial charge on any atom is 0.305 e. The van der Waals surface area contributed by atoms with E-state index in [1.54, 1.807) is 0 Å². The zero-order valence-corrected chi connectivity index (χ0v) is 18.4. The Hall–Kier alpha value is -1.91. The molecule has 0 aromatic rings. The first-order chi connectivity index (χ1) is 13.5. The average molecular weight is 403 g/mol. The van der Waals surface area contributed by atoms with Crippen LogP contribution in [0.2, 0.25) is 0 Å². The molecule has 5 unspecified atom stereocenters. The lowest BCUT2D eigenvalue weighted by Gasteiger charge is -2.58. The molecule has 0 N–H and O–H groups in total. The summed E-state index contributed by atoms with van der Waals surface area (Å²) in [6.45, 7) is 12.1. The number of ether oxygens (including phenoxy) is 2. The second-order valence-corrected chi connectivity index (χ2v) is 9.79. The van der Waals surface area contributed by atoms with Crippen LogP contribution in [0.1, 0.15) is 66.2 Å². The Bertz CT molecular complexity index is 761. The van der Waals surface area contributed by atoms with E-state index in [4.69, 9.17) is 9.47 Å². The molecule has 5 atom stereocenters. The highest BCUT2D eigenvalue weighted by Gasteiger charge is 2.58. The SMILES string of the molecule is C=C1CCC2C(C(=O)C=C3C(C)(C)C(OC(C)=O)CCC32C)C1CCC(=O)OC.